The molecule has 0 unspecified atom stereocenters. The van der Waals surface area contributed by atoms with Crippen LogP contribution < -0.4 is 4.90 Å². The van der Waals surface area contributed by atoms with Gasteiger partial charge in [0.15, 0.2) is 0 Å². The van der Waals surface area contributed by atoms with E-state index in [0.29, 0.717) is 17.1 Å². The van der Waals surface area contributed by atoms with Crippen LogP contribution >= 0.6 is 11.6 Å². The molecule has 0 atom stereocenters. The third kappa shape index (κ3) is 3.79. The number of carbonyl (C=O) groups excluding carboxylic acids is 1. The maximum absolute atomic E-state index is 12.6. The van der Waals surface area contributed by atoms with Crippen LogP contribution in [0.25, 0.3) is 0 Å². The van der Waals surface area contributed by atoms with Gasteiger partial charge in [-0.05, 0) is 31.5 Å². The van der Waals surface area contributed by atoms with Crippen molar-refractivity contribution in [1.82, 2.24) is 14.9 Å². The monoisotopic (exact) mass is 330 g/mol. The smallest absolute Gasteiger partial charge is 0.253 e. The number of aromatic nitrogens is 2. The van der Waals surface area contributed by atoms with Crippen LogP contribution in [0.2, 0.25) is 5.02 Å². The summed E-state index contributed by atoms with van der Waals surface area (Å²) in [6.07, 6.45) is 2.50. The zero-order valence-corrected chi connectivity index (χ0v) is 13.8. The number of amides is 1. The third-order valence-corrected chi connectivity index (χ3v) is 4.20. The lowest BCUT2D eigenvalue weighted by Gasteiger charge is -2.23. The molecule has 0 N–H and O–H groups in total. The molecule has 0 aliphatic carbocycles. The molecule has 120 valence electrons. The number of aryl methyl sites for hydroxylation is 1. The highest BCUT2D eigenvalue weighted by molar-refractivity contribution is 6.30. The minimum Gasteiger partial charge on any atom is -0.355 e. The zero-order valence-electron chi connectivity index (χ0n) is 13.1. The summed E-state index contributed by atoms with van der Waals surface area (Å²) < 4.78 is 0. The van der Waals surface area contributed by atoms with Crippen LogP contribution in [0.5, 0.6) is 0 Å². The third-order valence-electron chi connectivity index (χ3n) is 3.97. The Hall–Kier alpha value is -2.14. The molecule has 0 spiro atoms. The summed E-state index contributed by atoms with van der Waals surface area (Å²) in [5.41, 5.74) is 1.59. The standard InChI is InChI=1S/C17H19ClN4O/c1-13-10-16(20-12-19-13)21-6-3-7-22(9-8-21)17(23)14-4-2-5-15(18)11-14/h2,4-5,10-12H,3,6-9H2,1H3. The van der Waals surface area contributed by atoms with E-state index in [1.165, 1.54) is 0 Å². The molecule has 1 saturated heterocycles. The van der Waals surface area contributed by atoms with Gasteiger partial charge in [-0.3, -0.25) is 4.79 Å². The quantitative estimate of drug-likeness (QED) is 0.849. The molecule has 0 saturated carbocycles. The number of carbonyl (C=O) groups is 1. The van der Waals surface area contributed by atoms with E-state index in [4.69, 9.17) is 11.6 Å². The van der Waals surface area contributed by atoms with E-state index in [9.17, 15) is 4.79 Å². The maximum Gasteiger partial charge on any atom is 0.253 e. The summed E-state index contributed by atoms with van der Waals surface area (Å²) in [5.74, 6) is 0.961. The second-order valence-electron chi connectivity index (χ2n) is 5.66. The van der Waals surface area contributed by atoms with Crippen LogP contribution in [0.4, 0.5) is 5.82 Å². The fourth-order valence-electron chi connectivity index (χ4n) is 2.77. The molecule has 1 fully saturated rings. The average Bonchev–Trinajstić information content (AvgIpc) is 2.80. The molecular weight excluding hydrogens is 312 g/mol. The normalized spacial score (nSPS) is 15.4. The Labute approximate surface area is 140 Å². The van der Waals surface area contributed by atoms with Gasteiger partial charge in [-0.1, -0.05) is 17.7 Å². The van der Waals surface area contributed by atoms with E-state index in [-0.39, 0.29) is 5.91 Å². The van der Waals surface area contributed by atoms with Gasteiger partial charge in [-0.25, -0.2) is 9.97 Å². The lowest BCUT2D eigenvalue weighted by atomic mass is 10.2. The van der Waals surface area contributed by atoms with Gasteiger partial charge in [0, 0.05) is 48.5 Å². The number of benzene rings is 1. The molecule has 1 aromatic heterocycles. The number of rotatable bonds is 2. The Morgan fingerprint density at radius 3 is 2.78 bits per heavy atom. The molecule has 0 bridgehead atoms. The van der Waals surface area contributed by atoms with Crippen LogP contribution in [0.3, 0.4) is 0 Å². The number of halogens is 1. The van der Waals surface area contributed by atoms with Gasteiger partial charge in [-0.2, -0.15) is 0 Å². The highest BCUT2D eigenvalue weighted by Gasteiger charge is 2.21. The highest BCUT2D eigenvalue weighted by Crippen LogP contribution is 2.17. The van der Waals surface area contributed by atoms with Crippen LogP contribution in [0, 0.1) is 6.92 Å². The fourth-order valence-corrected chi connectivity index (χ4v) is 2.96. The van der Waals surface area contributed by atoms with Crippen molar-refractivity contribution in [3.63, 3.8) is 0 Å². The Bertz CT molecular complexity index is 706. The van der Waals surface area contributed by atoms with Crippen molar-refractivity contribution in [3.05, 3.63) is 52.9 Å². The molecule has 1 aromatic carbocycles. The minimum absolute atomic E-state index is 0.0354. The summed E-state index contributed by atoms with van der Waals surface area (Å²) in [5, 5.41) is 0.587. The van der Waals surface area contributed by atoms with Crippen molar-refractivity contribution in [2.24, 2.45) is 0 Å². The predicted octanol–water partition coefficient (Wildman–Crippen LogP) is 2.79. The largest absolute Gasteiger partial charge is 0.355 e. The first-order valence-electron chi connectivity index (χ1n) is 7.72. The van der Waals surface area contributed by atoms with E-state index >= 15 is 0 Å². The van der Waals surface area contributed by atoms with Crippen molar-refractivity contribution in [3.8, 4) is 0 Å². The predicted molar refractivity (Wildman–Crippen MR) is 91.0 cm³/mol. The molecule has 5 nitrogen and oxygen atoms in total. The molecule has 1 aliphatic rings. The Morgan fingerprint density at radius 1 is 1.13 bits per heavy atom. The average molecular weight is 331 g/mol. The molecule has 2 heterocycles. The summed E-state index contributed by atoms with van der Waals surface area (Å²) in [4.78, 5) is 25.2. The van der Waals surface area contributed by atoms with Gasteiger partial charge in [0.1, 0.15) is 12.1 Å². The Balaban J connectivity index is 1.70. The maximum atomic E-state index is 12.6. The second-order valence-corrected chi connectivity index (χ2v) is 6.10. The van der Waals surface area contributed by atoms with Gasteiger partial charge < -0.3 is 9.80 Å². The van der Waals surface area contributed by atoms with Crippen LogP contribution in [0.15, 0.2) is 36.7 Å². The summed E-state index contributed by atoms with van der Waals surface area (Å²) in [7, 11) is 0. The number of nitrogens with zero attached hydrogens (tertiary/aromatic N) is 4. The van der Waals surface area contributed by atoms with Crippen molar-refractivity contribution in [2.75, 3.05) is 31.1 Å². The van der Waals surface area contributed by atoms with E-state index in [2.05, 4.69) is 14.9 Å². The molecular formula is C17H19ClN4O. The molecule has 1 aliphatic heterocycles. The van der Waals surface area contributed by atoms with E-state index < -0.39 is 0 Å². The van der Waals surface area contributed by atoms with Gasteiger partial charge in [-0.15, -0.1) is 0 Å². The molecule has 0 radical (unpaired) electrons. The van der Waals surface area contributed by atoms with Crippen LogP contribution in [-0.4, -0.2) is 47.0 Å². The van der Waals surface area contributed by atoms with Gasteiger partial charge >= 0.3 is 0 Å². The first-order valence-corrected chi connectivity index (χ1v) is 8.10. The highest BCUT2D eigenvalue weighted by atomic mass is 35.5. The Morgan fingerprint density at radius 2 is 2.00 bits per heavy atom. The lowest BCUT2D eigenvalue weighted by Crippen LogP contribution is -2.35. The topological polar surface area (TPSA) is 49.3 Å². The second kappa shape index (κ2) is 6.96. The molecule has 6 heteroatoms. The molecule has 23 heavy (non-hydrogen) atoms. The molecule has 3 rings (SSSR count). The van der Waals surface area contributed by atoms with Gasteiger partial charge in [0.2, 0.25) is 0 Å². The molecule has 2 aromatic rings. The van der Waals surface area contributed by atoms with Crippen molar-refractivity contribution >= 4 is 23.3 Å². The Kier molecular flexibility index (Phi) is 4.76. The van der Waals surface area contributed by atoms with Gasteiger partial charge in [0.05, 0.1) is 0 Å². The van der Waals surface area contributed by atoms with E-state index in [1.807, 2.05) is 30.0 Å². The number of anilines is 1. The van der Waals surface area contributed by atoms with Gasteiger partial charge in [0.25, 0.3) is 5.91 Å². The fraction of sp³-hybridized carbons (Fsp3) is 0.353. The molecule has 1 amide bonds. The van der Waals surface area contributed by atoms with E-state index in [0.717, 1.165) is 37.6 Å². The van der Waals surface area contributed by atoms with Crippen LogP contribution in [-0.2, 0) is 0 Å². The zero-order chi connectivity index (χ0) is 16.2. The summed E-state index contributed by atoms with van der Waals surface area (Å²) in [6.45, 7) is 5.02. The van der Waals surface area contributed by atoms with Crippen molar-refractivity contribution < 1.29 is 4.79 Å². The van der Waals surface area contributed by atoms with Crippen LogP contribution in [0.1, 0.15) is 22.5 Å². The first-order chi connectivity index (χ1) is 11.1. The number of hydrogen-bond donors (Lipinski definition) is 0. The lowest BCUT2D eigenvalue weighted by molar-refractivity contribution is 0.0767. The SMILES string of the molecule is Cc1cc(N2CCCN(C(=O)c3cccc(Cl)c3)CC2)ncn1. The first kappa shape index (κ1) is 15.7. The van der Waals surface area contributed by atoms with E-state index in [1.54, 1.807) is 18.5 Å². The van der Waals surface area contributed by atoms with Crippen molar-refractivity contribution in [2.45, 2.75) is 13.3 Å². The minimum atomic E-state index is 0.0354. The summed E-state index contributed by atoms with van der Waals surface area (Å²) in [6, 6.07) is 9.10. The summed E-state index contributed by atoms with van der Waals surface area (Å²) >= 11 is 5.98. The van der Waals surface area contributed by atoms with Crippen molar-refractivity contribution in [1.29, 1.82) is 0 Å². The number of hydrogen-bond acceptors (Lipinski definition) is 4.